The van der Waals surface area contributed by atoms with Crippen LogP contribution < -0.4 is 4.74 Å². The second-order valence-electron chi connectivity index (χ2n) is 5.82. The highest BCUT2D eigenvalue weighted by atomic mass is 16.5. The van der Waals surface area contributed by atoms with Crippen LogP contribution in [-0.4, -0.2) is 48.5 Å². The first-order chi connectivity index (χ1) is 11.3. The second-order valence-corrected chi connectivity index (χ2v) is 5.82. The molecule has 2 aromatic rings. The molecule has 1 fully saturated rings. The largest absolute Gasteiger partial charge is 0.497 e. The predicted molar refractivity (Wildman–Crippen MR) is 86.2 cm³/mol. The van der Waals surface area contributed by atoms with E-state index in [1.807, 2.05) is 24.3 Å². The standard InChI is InChI=1S/C17H23N3O3/c1-21-12-14-5-3-4-10-20(14)11-16-18-17(19-23-16)13-6-8-15(22-2)9-7-13/h6-9,14H,3-5,10-12H2,1-2H3/t14-/m1/s1. The zero-order valence-corrected chi connectivity index (χ0v) is 13.7. The molecular weight excluding hydrogens is 294 g/mol. The van der Waals surface area contributed by atoms with Gasteiger partial charge in [0.2, 0.25) is 11.7 Å². The van der Waals surface area contributed by atoms with Gasteiger partial charge in [-0.15, -0.1) is 0 Å². The van der Waals surface area contributed by atoms with E-state index in [1.54, 1.807) is 14.2 Å². The van der Waals surface area contributed by atoms with Crippen LogP contribution in [0.3, 0.4) is 0 Å². The second kappa shape index (κ2) is 7.57. The fourth-order valence-electron chi connectivity index (χ4n) is 3.00. The van der Waals surface area contributed by atoms with Crippen molar-refractivity contribution in [3.63, 3.8) is 0 Å². The Labute approximate surface area is 136 Å². The smallest absolute Gasteiger partial charge is 0.241 e. The monoisotopic (exact) mass is 317 g/mol. The van der Waals surface area contributed by atoms with Crippen molar-refractivity contribution in [2.75, 3.05) is 27.4 Å². The Bertz CT molecular complexity index is 610. The van der Waals surface area contributed by atoms with E-state index in [9.17, 15) is 0 Å². The van der Waals surface area contributed by atoms with Crippen LogP contribution in [0.15, 0.2) is 28.8 Å². The minimum Gasteiger partial charge on any atom is -0.497 e. The summed E-state index contributed by atoms with van der Waals surface area (Å²) in [4.78, 5) is 6.90. The third-order valence-electron chi connectivity index (χ3n) is 4.26. The summed E-state index contributed by atoms with van der Waals surface area (Å²) < 4.78 is 15.9. The van der Waals surface area contributed by atoms with Gasteiger partial charge in [-0.3, -0.25) is 4.90 Å². The summed E-state index contributed by atoms with van der Waals surface area (Å²) in [6.07, 6.45) is 3.62. The minimum atomic E-state index is 0.435. The minimum absolute atomic E-state index is 0.435. The lowest BCUT2D eigenvalue weighted by atomic mass is 10.0. The molecule has 1 aromatic carbocycles. The number of rotatable bonds is 6. The van der Waals surface area contributed by atoms with Gasteiger partial charge in [-0.05, 0) is 43.7 Å². The molecule has 1 aliphatic heterocycles. The normalized spacial score (nSPS) is 19.0. The molecule has 0 N–H and O–H groups in total. The van der Waals surface area contributed by atoms with E-state index in [0.29, 0.717) is 24.3 Å². The molecule has 1 atom stereocenters. The van der Waals surface area contributed by atoms with Crippen LogP contribution in [0, 0.1) is 0 Å². The first kappa shape index (κ1) is 16.0. The van der Waals surface area contributed by atoms with Crippen molar-refractivity contribution < 1.29 is 14.0 Å². The summed E-state index contributed by atoms with van der Waals surface area (Å²) >= 11 is 0. The van der Waals surface area contributed by atoms with Crippen LogP contribution in [0.25, 0.3) is 11.4 Å². The maximum atomic E-state index is 5.43. The molecule has 6 nitrogen and oxygen atoms in total. The zero-order chi connectivity index (χ0) is 16.1. The highest BCUT2D eigenvalue weighted by molar-refractivity contribution is 5.55. The Morgan fingerprint density at radius 1 is 1.22 bits per heavy atom. The van der Waals surface area contributed by atoms with Gasteiger partial charge in [0.15, 0.2) is 0 Å². The van der Waals surface area contributed by atoms with E-state index in [0.717, 1.165) is 30.9 Å². The number of nitrogens with zero attached hydrogens (tertiary/aromatic N) is 3. The Balaban J connectivity index is 1.68. The van der Waals surface area contributed by atoms with Crippen molar-refractivity contribution in [1.29, 1.82) is 0 Å². The van der Waals surface area contributed by atoms with Gasteiger partial charge in [-0.2, -0.15) is 4.98 Å². The average molecular weight is 317 g/mol. The molecule has 0 saturated carbocycles. The van der Waals surface area contributed by atoms with Gasteiger partial charge in [0.05, 0.1) is 20.3 Å². The van der Waals surface area contributed by atoms with Gasteiger partial charge < -0.3 is 14.0 Å². The topological polar surface area (TPSA) is 60.6 Å². The summed E-state index contributed by atoms with van der Waals surface area (Å²) in [7, 11) is 3.40. The third-order valence-corrected chi connectivity index (χ3v) is 4.26. The highest BCUT2D eigenvalue weighted by Gasteiger charge is 2.24. The number of aromatic nitrogens is 2. The lowest BCUT2D eigenvalue weighted by Crippen LogP contribution is -2.41. The maximum absolute atomic E-state index is 5.43. The molecule has 0 bridgehead atoms. The van der Waals surface area contributed by atoms with E-state index in [2.05, 4.69) is 15.0 Å². The summed E-state index contributed by atoms with van der Waals surface area (Å²) in [5.41, 5.74) is 0.924. The first-order valence-corrected chi connectivity index (χ1v) is 8.00. The molecule has 0 amide bonds. The SMILES string of the molecule is COC[C@H]1CCCCN1Cc1nc(-c2ccc(OC)cc2)no1. The van der Waals surface area contributed by atoms with Gasteiger partial charge >= 0.3 is 0 Å². The molecule has 1 aromatic heterocycles. The van der Waals surface area contributed by atoms with E-state index >= 15 is 0 Å². The van der Waals surface area contributed by atoms with Gasteiger partial charge in [-0.25, -0.2) is 0 Å². The summed E-state index contributed by atoms with van der Waals surface area (Å²) in [6, 6.07) is 8.09. The van der Waals surface area contributed by atoms with Crippen molar-refractivity contribution in [2.24, 2.45) is 0 Å². The van der Waals surface area contributed by atoms with E-state index in [1.165, 1.54) is 12.8 Å². The van der Waals surface area contributed by atoms with Crippen LogP contribution in [0.2, 0.25) is 0 Å². The number of likely N-dealkylation sites (tertiary alicyclic amines) is 1. The predicted octanol–water partition coefficient (Wildman–Crippen LogP) is 2.75. The zero-order valence-electron chi connectivity index (χ0n) is 13.7. The quantitative estimate of drug-likeness (QED) is 0.816. The number of hydrogen-bond donors (Lipinski definition) is 0. The number of methoxy groups -OCH3 is 2. The molecule has 6 heteroatoms. The summed E-state index contributed by atoms with van der Waals surface area (Å²) in [5, 5.41) is 4.09. The highest BCUT2D eigenvalue weighted by Crippen LogP contribution is 2.22. The number of benzene rings is 1. The molecule has 1 saturated heterocycles. The van der Waals surface area contributed by atoms with Crippen LogP contribution in [-0.2, 0) is 11.3 Å². The molecular formula is C17H23N3O3. The number of piperidine rings is 1. The Hall–Kier alpha value is -1.92. The molecule has 0 radical (unpaired) electrons. The van der Waals surface area contributed by atoms with E-state index < -0.39 is 0 Å². The van der Waals surface area contributed by atoms with Gasteiger partial charge in [0.25, 0.3) is 0 Å². The third kappa shape index (κ3) is 3.89. The van der Waals surface area contributed by atoms with Crippen molar-refractivity contribution in [3.05, 3.63) is 30.2 Å². The van der Waals surface area contributed by atoms with Crippen LogP contribution in [0.4, 0.5) is 0 Å². The molecule has 3 rings (SSSR count). The van der Waals surface area contributed by atoms with E-state index in [4.69, 9.17) is 14.0 Å². The Morgan fingerprint density at radius 2 is 2.04 bits per heavy atom. The molecule has 0 unspecified atom stereocenters. The van der Waals surface area contributed by atoms with Gasteiger partial charge in [-0.1, -0.05) is 11.6 Å². The number of ether oxygens (including phenoxy) is 2. The molecule has 0 spiro atoms. The van der Waals surface area contributed by atoms with Crippen molar-refractivity contribution >= 4 is 0 Å². The first-order valence-electron chi connectivity index (χ1n) is 8.00. The van der Waals surface area contributed by atoms with Gasteiger partial charge in [0, 0.05) is 18.7 Å². The average Bonchev–Trinajstić information content (AvgIpc) is 3.05. The van der Waals surface area contributed by atoms with Crippen LogP contribution >= 0.6 is 0 Å². The summed E-state index contributed by atoms with van der Waals surface area (Å²) in [5.74, 6) is 2.08. The lowest BCUT2D eigenvalue weighted by molar-refractivity contribution is 0.0532. The van der Waals surface area contributed by atoms with E-state index in [-0.39, 0.29) is 0 Å². The maximum Gasteiger partial charge on any atom is 0.241 e. The summed E-state index contributed by atoms with van der Waals surface area (Å²) in [6.45, 7) is 2.48. The molecule has 23 heavy (non-hydrogen) atoms. The molecule has 124 valence electrons. The molecule has 2 heterocycles. The van der Waals surface area contributed by atoms with Crippen molar-refractivity contribution in [3.8, 4) is 17.1 Å². The Morgan fingerprint density at radius 3 is 2.78 bits per heavy atom. The molecule has 1 aliphatic rings. The molecule has 0 aliphatic carbocycles. The van der Waals surface area contributed by atoms with Crippen LogP contribution in [0.5, 0.6) is 5.75 Å². The van der Waals surface area contributed by atoms with Crippen molar-refractivity contribution in [1.82, 2.24) is 15.0 Å². The van der Waals surface area contributed by atoms with Crippen molar-refractivity contribution in [2.45, 2.75) is 31.8 Å². The van der Waals surface area contributed by atoms with Gasteiger partial charge in [0.1, 0.15) is 5.75 Å². The number of hydrogen-bond acceptors (Lipinski definition) is 6. The fourth-order valence-corrected chi connectivity index (χ4v) is 3.00. The lowest BCUT2D eigenvalue weighted by Gasteiger charge is -2.34. The Kier molecular flexibility index (Phi) is 5.25. The fraction of sp³-hybridized carbons (Fsp3) is 0.529. The van der Waals surface area contributed by atoms with Crippen LogP contribution in [0.1, 0.15) is 25.2 Å².